The van der Waals surface area contributed by atoms with Crippen molar-refractivity contribution in [2.75, 3.05) is 26.2 Å². The average Bonchev–Trinajstić information content (AvgIpc) is 3.04. The van der Waals surface area contributed by atoms with E-state index in [2.05, 4.69) is 47.7 Å². The maximum atomic E-state index is 12.0. The Morgan fingerprint density at radius 2 is 2.20 bits per heavy atom. The monoisotopic (exact) mass is 344 g/mol. The van der Waals surface area contributed by atoms with Gasteiger partial charge in [0.05, 0.1) is 19.7 Å². The molecule has 5 heteroatoms. The Labute approximate surface area is 149 Å². The molecule has 0 saturated carbocycles. The standard InChI is InChI=1S/C20H29N3O2/c1-2-15-13-23(9-7-16(15)11-20(25)21-8-10-24)14-17-12-22-19-6-4-3-5-18(17)19/h3-6,12,15-16,22,24H,2,7-11,13-14H2,1H3,(H,21,25)/p+1/t15-,16-/m0/s1. The smallest absolute Gasteiger partial charge is 0.220 e. The van der Waals surface area contributed by atoms with E-state index in [0.717, 1.165) is 32.5 Å². The Hall–Kier alpha value is -1.85. The number of aliphatic hydroxyl groups excluding tert-OH is 1. The van der Waals surface area contributed by atoms with Crippen LogP contribution in [0, 0.1) is 11.8 Å². The van der Waals surface area contributed by atoms with Crippen molar-refractivity contribution in [3.05, 3.63) is 36.0 Å². The van der Waals surface area contributed by atoms with Gasteiger partial charge in [-0.05, 0) is 18.4 Å². The van der Waals surface area contributed by atoms with Crippen molar-refractivity contribution >= 4 is 16.8 Å². The van der Waals surface area contributed by atoms with E-state index in [0.29, 0.717) is 24.8 Å². The molecule has 0 spiro atoms. The van der Waals surface area contributed by atoms with Gasteiger partial charge in [0, 0.05) is 48.0 Å². The molecule has 3 rings (SSSR count). The molecule has 0 aliphatic carbocycles. The molecule has 1 amide bonds. The first kappa shape index (κ1) is 18.0. The van der Waals surface area contributed by atoms with Gasteiger partial charge in [-0.2, -0.15) is 0 Å². The van der Waals surface area contributed by atoms with E-state index < -0.39 is 0 Å². The van der Waals surface area contributed by atoms with Crippen LogP contribution >= 0.6 is 0 Å². The molecule has 0 bridgehead atoms. The van der Waals surface area contributed by atoms with Gasteiger partial charge in [-0.25, -0.2) is 0 Å². The van der Waals surface area contributed by atoms with Gasteiger partial charge in [0.25, 0.3) is 0 Å². The number of nitrogens with one attached hydrogen (secondary N) is 3. The molecule has 1 aliphatic heterocycles. The summed E-state index contributed by atoms with van der Waals surface area (Å²) in [6.45, 7) is 5.90. The molecule has 1 saturated heterocycles. The van der Waals surface area contributed by atoms with E-state index in [1.807, 2.05) is 0 Å². The Bertz CT molecular complexity index is 697. The number of para-hydroxylation sites is 1. The number of fused-ring (bicyclic) bond motifs is 1. The largest absolute Gasteiger partial charge is 0.395 e. The number of hydrogen-bond donors (Lipinski definition) is 4. The molecule has 1 aromatic heterocycles. The summed E-state index contributed by atoms with van der Waals surface area (Å²) in [6, 6.07) is 8.48. The summed E-state index contributed by atoms with van der Waals surface area (Å²) in [4.78, 5) is 17.0. The minimum absolute atomic E-state index is 0.0101. The third-order valence-electron chi connectivity index (χ3n) is 5.61. The zero-order valence-electron chi connectivity index (χ0n) is 15.1. The summed E-state index contributed by atoms with van der Waals surface area (Å²) < 4.78 is 0. The highest BCUT2D eigenvalue weighted by molar-refractivity contribution is 5.82. The Morgan fingerprint density at radius 1 is 1.36 bits per heavy atom. The van der Waals surface area contributed by atoms with Crippen LogP contribution in [-0.4, -0.2) is 42.2 Å². The minimum Gasteiger partial charge on any atom is -0.395 e. The zero-order chi connectivity index (χ0) is 17.6. The predicted octanol–water partition coefficient (Wildman–Crippen LogP) is 1.10. The third-order valence-corrected chi connectivity index (χ3v) is 5.61. The van der Waals surface area contributed by atoms with E-state index in [4.69, 9.17) is 5.11 Å². The SMILES string of the molecule is CC[C@H]1C[NH+](Cc2c[nH]c3ccccc23)CC[C@H]1CC(=O)NCCO. The van der Waals surface area contributed by atoms with Crippen LogP contribution in [0.1, 0.15) is 31.7 Å². The van der Waals surface area contributed by atoms with Crippen molar-refractivity contribution in [2.45, 2.75) is 32.7 Å². The summed E-state index contributed by atoms with van der Waals surface area (Å²) in [5.74, 6) is 1.14. The number of likely N-dealkylation sites (tertiary alicyclic amines) is 1. The molecular formula is C20H30N3O2+. The molecule has 1 aromatic carbocycles. The minimum atomic E-state index is 0.0101. The predicted molar refractivity (Wildman–Crippen MR) is 99.3 cm³/mol. The highest BCUT2D eigenvalue weighted by Crippen LogP contribution is 2.24. The van der Waals surface area contributed by atoms with Crippen LogP contribution in [0.25, 0.3) is 10.9 Å². The number of carbonyl (C=O) groups excluding carboxylic acids is 1. The number of aliphatic hydroxyl groups is 1. The summed E-state index contributed by atoms with van der Waals surface area (Å²) in [5, 5.41) is 13.0. The number of aromatic amines is 1. The second-order valence-electron chi connectivity index (χ2n) is 7.24. The Kier molecular flexibility index (Phi) is 6.10. The van der Waals surface area contributed by atoms with Gasteiger partial charge in [0.2, 0.25) is 5.91 Å². The third kappa shape index (κ3) is 4.41. The fourth-order valence-electron chi connectivity index (χ4n) is 4.22. The van der Waals surface area contributed by atoms with Gasteiger partial charge >= 0.3 is 0 Å². The number of H-pyrrole nitrogens is 1. The lowest BCUT2D eigenvalue weighted by Gasteiger charge is -2.35. The molecule has 4 N–H and O–H groups in total. The summed E-state index contributed by atoms with van der Waals surface area (Å²) in [6.07, 6.45) is 4.96. The van der Waals surface area contributed by atoms with E-state index in [-0.39, 0.29) is 12.5 Å². The quantitative estimate of drug-likeness (QED) is 0.607. The van der Waals surface area contributed by atoms with E-state index in [9.17, 15) is 4.79 Å². The fraction of sp³-hybridized carbons (Fsp3) is 0.550. The maximum Gasteiger partial charge on any atom is 0.220 e. The second-order valence-corrected chi connectivity index (χ2v) is 7.24. The maximum absolute atomic E-state index is 12.0. The van der Waals surface area contributed by atoms with Crippen molar-refractivity contribution in [1.29, 1.82) is 0 Å². The molecule has 136 valence electrons. The van der Waals surface area contributed by atoms with E-state index in [1.54, 1.807) is 4.90 Å². The van der Waals surface area contributed by atoms with E-state index >= 15 is 0 Å². The van der Waals surface area contributed by atoms with Gasteiger partial charge in [0.1, 0.15) is 6.54 Å². The zero-order valence-corrected chi connectivity index (χ0v) is 15.1. The van der Waals surface area contributed by atoms with Crippen molar-refractivity contribution in [3.63, 3.8) is 0 Å². The number of piperidine rings is 1. The number of carbonyl (C=O) groups is 1. The molecule has 1 aliphatic rings. The summed E-state index contributed by atoms with van der Waals surface area (Å²) in [5.41, 5.74) is 2.60. The Morgan fingerprint density at radius 3 is 3.00 bits per heavy atom. The molecule has 2 heterocycles. The normalized spacial score (nSPS) is 23.7. The number of quaternary nitrogens is 1. The highest BCUT2D eigenvalue weighted by atomic mass is 16.3. The molecule has 1 fully saturated rings. The van der Waals surface area contributed by atoms with Crippen LogP contribution in [0.4, 0.5) is 0 Å². The van der Waals surface area contributed by atoms with Gasteiger partial charge in [-0.1, -0.05) is 25.1 Å². The van der Waals surface area contributed by atoms with Crippen LogP contribution in [0.5, 0.6) is 0 Å². The van der Waals surface area contributed by atoms with Crippen LogP contribution in [-0.2, 0) is 11.3 Å². The lowest BCUT2D eigenvalue weighted by Crippen LogP contribution is -3.12. The molecular weight excluding hydrogens is 314 g/mol. The van der Waals surface area contributed by atoms with Crippen molar-refractivity contribution in [3.8, 4) is 0 Å². The lowest BCUT2D eigenvalue weighted by atomic mass is 9.81. The first-order valence-corrected chi connectivity index (χ1v) is 9.47. The second kappa shape index (κ2) is 8.50. The molecule has 25 heavy (non-hydrogen) atoms. The molecule has 0 radical (unpaired) electrons. The highest BCUT2D eigenvalue weighted by Gasteiger charge is 2.32. The van der Waals surface area contributed by atoms with Crippen molar-refractivity contribution in [1.82, 2.24) is 10.3 Å². The lowest BCUT2D eigenvalue weighted by molar-refractivity contribution is -0.923. The number of aromatic nitrogens is 1. The summed E-state index contributed by atoms with van der Waals surface area (Å²) >= 11 is 0. The average molecular weight is 344 g/mol. The topological polar surface area (TPSA) is 69.6 Å². The number of rotatable bonds is 7. The van der Waals surface area contributed by atoms with Gasteiger partial charge in [0.15, 0.2) is 0 Å². The molecule has 3 atom stereocenters. The number of hydrogen-bond acceptors (Lipinski definition) is 2. The van der Waals surface area contributed by atoms with E-state index in [1.165, 1.54) is 16.5 Å². The molecule has 1 unspecified atom stereocenters. The van der Waals surface area contributed by atoms with Gasteiger partial charge < -0.3 is 20.3 Å². The van der Waals surface area contributed by atoms with Crippen LogP contribution in [0.3, 0.4) is 0 Å². The first-order valence-electron chi connectivity index (χ1n) is 9.47. The number of amides is 1. The summed E-state index contributed by atoms with van der Waals surface area (Å²) in [7, 11) is 0. The van der Waals surface area contributed by atoms with Crippen molar-refractivity contribution in [2.24, 2.45) is 11.8 Å². The number of benzene rings is 1. The van der Waals surface area contributed by atoms with Crippen LogP contribution in [0.15, 0.2) is 30.5 Å². The molecule has 5 nitrogen and oxygen atoms in total. The van der Waals surface area contributed by atoms with Gasteiger partial charge in [-0.3, -0.25) is 4.79 Å². The Balaban J connectivity index is 1.58. The van der Waals surface area contributed by atoms with Crippen LogP contribution < -0.4 is 10.2 Å². The fourth-order valence-corrected chi connectivity index (χ4v) is 4.22. The van der Waals surface area contributed by atoms with Gasteiger partial charge in [-0.15, -0.1) is 0 Å². The van der Waals surface area contributed by atoms with Crippen molar-refractivity contribution < 1.29 is 14.8 Å². The molecule has 2 aromatic rings. The van der Waals surface area contributed by atoms with Crippen LogP contribution in [0.2, 0.25) is 0 Å². The first-order chi connectivity index (χ1) is 12.2.